The summed E-state index contributed by atoms with van der Waals surface area (Å²) >= 11 is 0. The van der Waals surface area contributed by atoms with Crippen LogP contribution < -0.4 is 5.56 Å². The number of carbonyl (C=O) groups is 1. The normalized spacial score (nSPS) is 12.3. The molecule has 0 fully saturated rings. The van der Waals surface area contributed by atoms with Gasteiger partial charge in [0.05, 0.1) is 13.2 Å². The summed E-state index contributed by atoms with van der Waals surface area (Å²) in [4.78, 5) is 29.2. The van der Waals surface area contributed by atoms with Crippen molar-refractivity contribution in [3.63, 3.8) is 0 Å². The second kappa shape index (κ2) is 7.47. The zero-order valence-corrected chi connectivity index (χ0v) is 15.0. The van der Waals surface area contributed by atoms with Crippen LogP contribution in [0.5, 0.6) is 0 Å². The SMILES string of the molecule is CCOC(=O)[C@H](CC)n1cnc2c(nnn2Cc2ccc(C)cc2)c1=O. The first-order chi connectivity index (χ1) is 12.5. The predicted molar refractivity (Wildman–Crippen MR) is 95.8 cm³/mol. The molecule has 136 valence electrons. The Bertz CT molecular complexity index is 975. The average molecular weight is 355 g/mol. The van der Waals surface area contributed by atoms with E-state index in [1.54, 1.807) is 11.6 Å². The zero-order chi connectivity index (χ0) is 18.7. The maximum absolute atomic E-state index is 12.7. The van der Waals surface area contributed by atoms with Gasteiger partial charge in [0.15, 0.2) is 11.2 Å². The Morgan fingerprint density at radius 3 is 2.62 bits per heavy atom. The van der Waals surface area contributed by atoms with Gasteiger partial charge in [-0.15, -0.1) is 5.10 Å². The van der Waals surface area contributed by atoms with Gasteiger partial charge in [0.25, 0.3) is 5.56 Å². The van der Waals surface area contributed by atoms with Gasteiger partial charge in [-0.3, -0.25) is 9.36 Å². The van der Waals surface area contributed by atoms with Gasteiger partial charge in [-0.25, -0.2) is 14.5 Å². The summed E-state index contributed by atoms with van der Waals surface area (Å²) in [6.07, 6.45) is 1.79. The molecule has 1 atom stereocenters. The van der Waals surface area contributed by atoms with Crippen molar-refractivity contribution in [2.45, 2.75) is 39.8 Å². The number of benzene rings is 1. The first-order valence-electron chi connectivity index (χ1n) is 8.57. The van der Waals surface area contributed by atoms with Crippen molar-refractivity contribution in [3.05, 3.63) is 52.1 Å². The third kappa shape index (κ3) is 3.35. The Labute approximate surface area is 150 Å². The molecule has 0 N–H and O–H groups in total. The van der Waals surface area contributed by atoms with E-state index in [1.807, 2.05) is 38.1 Å². The van der Waals surface area contributed by atoms with Crippen molar-refractivity contribution in [1.82, 2.24) is 24.5 Å². The van der Waals surface area contributed by atoms with Crippen LogP contribution in [0, 0.1) is 6.92 Å². The number of rotatable bonds is 6. The molecule has 0 bridgehead atoms. The second-order valence-corrected chi connectivity index (χ2v) is 6.04. The third-order valence-electron chi connectivity index (χ3n) is 4.18. The summed E-state index contributed by atoms with van der Waals surface area (Å²) in [5, 5.41) is 8.04. The highest BCUT2D eigenvalue weighted by molar-refractivity contribution is 5.75. The Morgan fingerprint density at radius 2 is 1.96 bits per heavy atom. The highest BCUT2D eigenvalue weighted by Gasteiger charge is 2.23. The summed E-state index contributed by atoms with van der Waals surface area (Å²) < 4.78 is 7.89. The molecule has 0 aliphatic carbocycles. The van der Waals surface area contributed by atoms with Crippen LogP contribution in [0.25, 0.3) is 11.2 Å². The molecule has 8 heteroatoms. The van der Waals surface area contributed by atoms with Crippen molar-refractivity contribution in [2.75, 3.05) is 6.61 Å². The third-order valence-corrected chi connectivity index (χ3v) is 4.18. The van der Waals surface area contributed by atoms with Crippen LogP contribution in [0.3, 0.4) is 0 Å². The number of fused-ring (bicyclic) bond motifs is 1. The molecule has 3 rings (SSSR count). The van der Waals surface area contributed by atoms with Crippen molar-refractivity contribution < 1.29 is 9.53 Å². The smallest absolute Gasteiger partial charge is 0.329 e. The summed E-state index contributed by atoms with van der Waals surface area (Å²) in [5.74, 6) is -0.453. The van der Waals surface area contributed by atoms with E-state index < -0.39 is 17.6 Å². The standard InChI is InChI=1S/C18H21N5O3/c1-4-14(18(25)26-5-2)22-11-19-16-15(17(22)24)20-21-23(16)10-13-8-6-12(3)7-9-13/h6-9,11,14H,4-5,10H2,1-3H3/t14-/m0/s1. The van der Waals surface area contributed by atoms with Crippen LogP contribution in [-0.4, -0.2) is 37.1 Å². The lowest BCUT2D eigenvalue weighted by molar-refractivity contribution is -0.147. The number of ether oxygens (including phenoxy) is 1. The first-order valence-corrected chi connectivity index (χ1v) is 8.57. The Balaban J connectivity index is 1.97. The molecule has 0 unspecified atom stereocenters. The maximum Gasteiger partial charge on any atom is 0.329 e. The number of aryl methyl sites for hydroxylation is 1. The number of carbonyl (C=O) groups excluding carboxylic acids is 1. The molecule has 0 saturated carbocycles. The fourth-order valence-corrected chi connectivity index (χ4v) is 2.78. The predicted octanol–water partition coefficient (Wildman–Crippen LogP) is 1.86. The Hall–Kier alpha value is -3.03. The van der Waals surface area contributed by atoms with Gasteiger partial charge in [0.2, 0.25) is 0 Å². The summed E-state index contributed by atoms with van der Waals surface area (Å²) in [5.41, 5.74) is 2.34. The maximum atomic E-state index is 12.7. The molecular formula is C18H21N5O3. The van der Waals surface area contributed by atoms with Gasteiger partial charge in [0.1, 0.15) is 12.4 Å². The van der Waals surface area contributed by atoms with Crippen molar-refractivity contribution in [2.24, 2.45) is 0 Å². The molecule has 0 amide bonds. The van der Waals surface area contributed by atoms with E-state index in [9.17, 15) is 9.59 Å². The van der Waals surface area contributed by atoms with Gasteiger partial charge in [-0.1, -0.05) is 42.0 Å². The number of esters is 1. The van der Waals surface area contributed by atoms with Crippen molar-refractivity contribution >= 4 is 17.1 Å². The Kier molecular flexibility index (Phi) is 5.11. The molecule has 0 radical (unpaired) electrons. The molecule has 0 spiro atoms. The van der Waals surface area contributed by atoms with Gasteiger partial charge in [-0.05, 0) is 25.8 Å². The summed E-state index contributed by atoms with van der Waals surface area (Å²) in [7, 11) is 0. The minimum atomic E-state index is -0.721. The summed E-state index contributed by atoms with van der Waals surface area (Å²) in [6, 6.07) is 7.30. The molecule has 8 nitrogen and oxygen atoms in total. The fraction of sp³-hybridized carbons (Fsp3) is 0.389. The number of hydrogen-bond donors (Lipinski definition) is 0. The largest absolute Gasteiger partial charge is 0.464 e. The topological polar surface area (TPSA) is 91.9 Å². The fourth-order valence-electron chi connectivity index (χ4n) is 2.78. The van der Waals surface area contributed by atoms with E-state index in [2.05, 4.69) is 15.3 Å². The molecule has 3 aromatic rings. The average Bonchev–Trinajstić information content (AvgIpc) is 3.03. The first kappa shape index (κ1) is 17.8. The van der Waals surface area contributed by atoms with Crippen LogP contribution in [0.15, 0.2) is 35.4 Å². The number of aromatic nitrogens is 5. The molecule has 0 aliphatic heterocycles. The van der Waals surface area contributed by atoms with Crippen molar-refractivity contribution in [1.29, 1.82) is 0 Å². The Morgan fingerprint density at radius 1 is 1.23 bits per heavy atom. The quantitative estimate of drug-likeness (QED) is 0.627. The zero-order valence-electron chi connectivity index (χ0n) is 15.0. The van der Waals surface area contributed by atoms with Gasteiger partial charge in [0, 0.05) is 0 Å². The van der Waals surface area contributed by atoms with E-state index >= 15 is 0 Å². The molecule has 0 aliphatic rings. The lowest BCUT2D eigenvalue weighted by Gasteiger charge is -2.15. The molecule has 2 aromatic heterocycles. The number of hydrogen-bond acceptors (Lipinski definition) is 6. The van der Waals surface area contributed by atoms with Crippen LogP contribution >= 0.6 is 0 Å². The van der Waals surface area contributed by atoms with E-state index in [0.29, 0.717) is 18.6 Å². The van der Waals surface area contributed by atoms with Gasteiger partial charge in [-0.2, -0.15) is 0 Å². The lowest BCUT2D eigenvalue weighted by atomic mass is 10.1. The molecule has 2 heterocycles. The minimum absolute atomic E-state index is 0.141. The van der Waals surface area contributed by atoms with E-state index in [-0.39, 0.29) is 12.1 Å². The van der Waals surface area contributed by atoms with Crippen LogP contribution in [0.1, 0.15) is 37.4 Å². The monoisotopic (exact) mass is 355 g/mol. The molecule has 0 saturated heterocycles. The van der Waals surface area contributed by atoms with Crippen molar-refractivity contribution in [3.8, 4) is 0 Å². The van der Waals surface area contributed by atoms with Crippen LogP contribution in [0.4, 0.5) is 0 Å². The lowest BCUT2D eigenvalue weighted by Crippen LogP contribution is -2.31. The van der Waals surface area contributed by atoms with E-state index in [1.165, 1.54) is 16.5 Å². The molecule has 26 heavy (non-hydrogen) atoms. The van der Waals surface area contributed by atoms with E-state index in [4.69, 9.17) is 4.74 Å². The van der Waals surface area contributed by atoms with Crippen LogP contribution in [-0.2, 0) is 16.1 Å². The minimum Gasteiger partial charge on any atom is -0.464 e. The van der Waals surface area contributed by atoms with Gasteiger partial charge >= 0.3 is 5.97 Å². The molecular weight excluding hydrogens is 334 g/mol. The summed E-state index contributed by atoms with van der Waals surface area (Å²) in [6.45, 7) is 6.28. The highest BCUT2D eigenvalue weighted by atomic mass is 16.5. The highest BCUT2D eigenvalue weighted by Crippen LogP contribution is 2.13. The van der Waals surface area contributed by atoms with Gasteiger partial charge < -0.3 is 4.74 Å². The number of nitrogens with zero attached hydrogens (tertiary/aromatic N) is 5. The molecule has 1 aromatic carbocycles. The van der Waals surface area contributed by atoms with Crippen LogP contribution in [0.2, 0.25) is 0 Å². The van der Waals surface area contributed by atoms with E-state index in [0.717, 1.165) is 5.56 Å². The second-order valence-electron chi connectivity index (χ2n) is 6.04.